The van der Waals surface area contributed by atoms with E-state index in [-0.39, 0.29) is 23.9 Å². The van der Waals surface area contributed by atoms with Gasteiger partial charge in [-0.05, 0) is 68.1 Å². The van der Waals surface area contributed by atoms with Crippen molar-refractivity contribution >= 4 is 23.1 Å². The van der Waals surface area contributed by atoms with Crippen molar-refractivity contribution in [1.82, 2.24) is 19.6 Å². The number of rotatable bonds is 8. The van der Waals surface area contributed by atoms with E-state index in [0.717, 1.165) is 28.3 Å². The van der Waals surface area contributed by atoms with E-state index in [9.17, 15) is 18.4 Å². The Labute approximate surface area is 227 Å². The highest BCUT2D eigenvalue weighted by molar-refractivity contribution is 6.05. The van der Waals surface area contributed by atoms with Crippen LogP contribution in [0.5, 0.6) is 0 Å². The first-order valence-electron chi connectivity index (χ1n) is 13.6. The molecule has 208 valence electrons. The number of aryl methyl sites for hydroxylation is 1. The first-order chi connectivity index (χ1) is 18.6. The number of aldehydes is 1. The molecule has 3 aromatic rings. The van der Waals surface area contributed by atoms with Crippen LogP contribution in [0.15, 0.2) is 36.5 Å². The first kappa shape index (κ1) is 27.4. The monoisotopic (exact) mass is 538 g/mol. The summed E-state index contributed by atoms with van der Waals surface area (Å²) in [5, 5.41) is 5.34. The van der Waals surface area contributed by atoms with Crippen LogP contribution in [0.1, 0.15) is 55.5 Å². The predicted molar refractivity (Wildman–Crippen MR) is 146 cm³/mol. The van der Waals surface area contributed by atoms with Crippen LogP contribution in [-0.2, 0) is 16.6 Å². The van der Waals surface area contributed by atoms with Crippen molar-refractivity contribution < 1.29 is 23.1 Å². The fourth-order valence-electron chi connectivity index (χ4n) is 6.00. The average Bonchev–Trinajstić information content (AvgIpc) is 3.24. The van der Waals surface area contributed by atoms with Crippen molar-refractivity contribution in [3.8, 4) is 11.1 Å². The predicted octanol–water partition coefficient (Wildman–Crippen LogP) is 4.74. The molecule has 0 spiro atoms. The molecule has 9 heteroatoms. The number of halogens is 2. The lowest BCUT2D eigenvalue weighted by molar-refractivity contribution is -0.108. The highest BCUT2D eigenvalue weighted by Gasteiger charge is 2.41. The summed E-state index contributed by atoms with van der Waals surface area (Å²) in [7, 11) is 1.87. The topological polar surface area (TPSA) is 67.7 Å². The maximum atomic E-state index is 15.0. The zero-order chi connectivity index (χ0) is 27.9. The normalized spacial score (nSPS) is 19.7. The van der Waals surface area contributed by atoms with Gasteiger partial charge in [-0.25, -0.2) is 8.78 Å². The van der Waals surface area contributed by atoms with Crippen molar-refractivity contribution in [3.05, 3.63) is 53.5 Å². The van der Waals surface area contributed by atoms with Gasteiger partial charge in [-0.2, -0.15) is 5.10 Å². The maximum Gasteiger partial charge on any atom is 0.254 e. The summed E-state index contributed by atoms with van der Waals surface area (Å²) in [5.74, 6) is -0.532. The lowest BCUT2D eigenvalue weighted by Crippen LogP contribution is -2.56. The summed E-state index contributed by atoms with van der Waals surface area (Å²) in [5.41, 5.74) is 2.34. The Kier molecular flexibility index (Phi) is 7.57. The molecular weight excluding hydrogens is 502 g/mol. The van der Waals surface area contributed by atoms with Crippen LogP contribution in [0.2, 0.25) is 0 Å². The molecule has 0 aliphatic carbocycles. The zero-order valence-corrected chi connectivity index (χ0v) is 23.0. The maximum absolute atomic E-state index is 15.0. The summed E-state index contributed by atoms with van der Waals surface area (Å²) in [6, 6.07) is 8.10. The van der Waals surface area contributed by atoms with Gasteiger partial charge in [0, 0.05) is 50.4 Å². The summed E-state index contributed by atoms with van der Waals surface area (Å²) in [6.45, 7) is 7.74. The molecule has 0 N–H and O–H groups in total. The number of hydrogen-bond donors (Lipinski definition) is 0. The molecule has 2 aliphatic rings. The van der Waals surface area contributed by atoms with E-state index in [2.05, 4.69) is 22.1 Å². The zero-order valence-electron chi connectivity index (χ0n) is 23.0. The number of carbonyl (C=O) groups is 2. The molecule has 3 heterocycles. The smallest absolute Gasteiger partial charge is 0.254 e. The van der Waals surface area contributed by atoms with Gasteiger partial charge in [0.15, 0.2) is 0 Å². The number of alkyl halides is 1. The highest BCUT2D eigenvalue weighted by Crippen LogP contribution is 2.40. The second-order valence-electron chi connectivity index (χ2n) is 11.4. The SMILES string of the molecule is C[C@@H]1COCCN1C(=O)c1cc(F)ccc1-c1cc(C2CN(C(CCC=O)C(C)(C)F)C2)cc2c1cnn2C. The van der Waals surface area contributed by atoms with Gasteiger partial charge in [0.05, 0.1) is 36.5 Å². The van der Waals surface area contributed by atoms with Gasteiger partial charge in [0.2, 0.25) is 0 Å². The van der Waals surface area contributed by atoms with E-state index < -0.39 is 11.5 Å². The lowest BCUT2D eigenvalue weighted by Gasteiger charge is -2.48. The number of fused-ring (bicyclic) bond motifs is 1. The fraction of sp³-hybridized carbons (Fsp3) is 0.500. The molecule has 2 aliphatic heterocycles. The van der Waals surface area contributed by atoms with Crippen molar-refractivity contribution in [2.75, 3.05) is 32.8 Å². The molecule has 1 aromatic heterocycles. The molecule has 1 amide bonds. The minimum absolute atomic E-state index is 0.111. The average molecular weight is 539 g/mol. The number of ether oxygens (including phenoxy) is 1. The Hall–Kier alpha value is -3.17. The van der Waals surface area contributed by atoms with Crippen molar-refractivity contribution in [1.29, 1.82) is 0 Å². The second-order valence-corrected chi connectivity index (χ2v) is 11.4. The largest absolute Gasteiger partial charge is 0.377 e. The fourth-order valence-corrected chi connectivity index (χ4v) is 6.00. The van der Waals surface area contributed by atoms with Crippen molar-refractivity contribution in [3.63, 3.8) is 0 Å². The van der Waals surface area contributed by atoms with Crippen LogP contribution >= 0.6 is 0 Å². The summed E-state index contributed by atoms with van der Waals surface area (Å²) < 4.78 is 36.8. The quantitative estimate of drug-likeness (QED) is 0.388. The second kappa shape index (κ2) is 10.8. The van der Waals surface area contributed by atoms with Crippen molar-refractivity contribution in [2.45, 2.75) is 57.3 Å². The number of morpholine rings is 1. The lowest BCUT2D eigenvalue weighted by atomic mass is 9.83. The Morgan fingerprint density at radius 2 is 2.00 bits per heavy atom. The Morgan fingerprint density at radius 1 is 1.23 bits per heavy atom. The number of likely N-dealkylation sites (tertiary alicyclic amines) is 1. The number of carbonyl (C=O) groups excluding carboxylic acids is 2. The van der Waals surface area contributed by atoms with Gasteiger partial charge in [0.25, 0.3) is 5.91 Å². The van der Waals surface area contributed by atoms with Gasteiger partial charge in [-0.15, -0.1) is 0 Å². The van der Waals surface area contributed by atoms with Gasteiger partial charge in [0.1, 0.15) is 17.8 Å². The molecule has 39 heavy (non-hydrogen) atoms. The van der Waals surface area contributed by atoms with Crippen LogP contribution in [0.25, 0.3) is 22.0 Å². The molecule has 5 rings (SSSR count). The number of aromatic nitrogens is 2. The molecule has 2 fully saturated rings. The van der Waals surface area contributed by atoms with Crippen LogP contribution in [-0.4, -0.2) is 82.4 Å². The molecule has 7 nitrogen and oxygen atoms in total. The van der Waals surface area contributed by atoms with E-state index in [1.54, 1.807) is 35.7 Å². The molecule has 2 saturated heterocycles. The summed E-state index contributed by atoms with van der Waals surface area (Å²) in [6.07, 6.45) is 3.43. The highest BCUT2D eigenvalue weighted by atomic mass is 19.1. The van der Waals surface area contributed by atoms with E-state index >= 15 is 0 Å². The molecule has 0 saturated carbocycles. The van der Waals surface area contributed by atoms with Gasteiger partial charge in [-0.3, -0.25) is 14.4 Å². The van der Waals surface area contributed by atoms with Crippen LogP contribution in [0, 0.1) is 5.82 Å². The third kappa shape index (κ3) is 5.34. The van der Waals surface area contributed by atoms with E-state index in [1.807, 2.05) is 14.0 Å². The number of nitrogens with zero attached hydrogens (tertiary/aromatic N) is 4. The third-order valence-corrected chi connectivity index (χ3v) is 8.19. The van der Waals surface area contributed by atoms with Gasteiger partial charge >= 0.3 is 0 Å². The molecule has 0 radical (unpaired) electrons. The van der Waals surface area contributed by atoms with Crippen molar-refractivity contribution in [2.24, 2.45) is 7.05 Å². The molecular formula is C30H36F2N4O3. The number of benzene rings is 2. The molecule has 1 unspecified atom stereocenters. The van der Waals surface area contributed by atoms with E-state index in [4.69, 9.17) is 4.74 Å². The van der Waals surface area contributed by atoms with Gasteiger partial charge in [-0.1, -0.05) is 6.07 Å². The van der Waals surface area contributed by atoms with Crippen LogP contribution in [0.3, 0.4) is 0 Å². The molecule has 0 bridgehead atoms. The summed E-state index contributed by atoms with van der Waals surface area (Å²) in [4.78, 5) is 28.5. The number of hydrogen-bond acceptors (Lipinski definition) is 5. The van der Waals surface area contributed by atoms with Crippen LogP contribution < -0.4 is 0 Å². The van der Waals surface area contributed by atoms with E-state index in [0.29, 0.717) is 56.8 Å². The number of amides is 1. The Morgan fingerprint density at radius 3 is 2.69 bits per heavy atom. The third-order valence-electron chi connectivity index (χ3n) is 8.19. The van der Waals surface area contributed by atoms with Gasteiger partial charge < -0.3 is 14.4 Å². The van der Waals surface area contributed by atoms with Crippen LogP contribution in [0.4, 0.5) is 8.78 Å². The summed E-state index contributed by atoms with van der Waals surface area (Å²) >= 11 is 0. The van der Waals surface area contributed by atoms with E-state index in [1.165, 1.54) is 12.1 Å². The Bertz CT molecular complexity index is 1380. The minimum atomic E-state index is -1.43. The molecule has 2 atom stereocenters. The first-order valence-corrected chi connectivity index (χ1v) is 13.6. The minimum Gasteiger partial charge on any atom is -0.377 e. The Balaban J connectivity index is 1.52. The standard InChI is InChI=1S/C30H36F2N4O3/c1-19-18-39-11-9-36(19)29(38)25-14-22(31)7-8-23(25)24-12-20(13-27-26(24)15-33-34(27)4)21-16-35(17-21)28(6-5-10-37)30(2,3)32/h7-8,10,12-15,19,21,28H,5-6,9,11,16-18H2,1-4H3/t19-,28?/m1/s1. The molecule has 2 aromatic carbocycles.